The number of benzene rings is 2. The molecular formula is C21H20N2O2. The molecule has 0 spiro atoms. The number of hydrogen-bond acceptors (Lipinski definition) is 3. The lowest BCUT2D eigenvalue weighted by atomic mass is 9.89. The van der Waals surface area contributed by atoms with Gasteiger partial charge < -0.3 is 10.0 Å². The van der Waals surface area contributed by atoms with E-state index in [0.29, 0.717) is 17.2 Å². The van der Waals surface area contributed by atoms with Crippen LogP contribution in [0.1, 0.15) is 34.7 Å². The number of amides is 1. The van der Waals surface area contributed by atoms with Crippen LogP contribution in [0, 0.1) is 0 Å². The maximum atomic E-state index is 13.0. The van der Waals surface area contributed by atoms with E-state index in [1.165, 1.54) is 5.56 Å². The van der Waals surface area contributed by atoms with Crippen LogP contribution in [0.3, 0.4) is 0 Å². The van der Waals surface area contributed by atoms with Crippen molar-refractivity contribution in [2.75, 3.05) is 13.1 Å². The van der Waals surface area contributed by atoms with Gasteiger partial charge in [0.1, 0.15) is 5.75 Å². The Bertz CT molecular complexity index is 892. The van der Waals surface area contributed by atoms with Crippen molar-refractivity contribution in [2.24, 2.45) is 0 Å². The van der Waals surface area contributed by atoms with E-state index in [4.69, 9.17) is 0 Å². The summed E-state index contributed by atoms with van der Waals surface area (Å²) in [5.41, 5.74) is 2.69. The van der Waals surface area contributed by atoms with Crippen molar-refractivity contribution in [3.63, 3.8) is 0 Å². The predicted molar refractivity (Wildman–Crippen MR) is 97.7 cm³/mol. The number of phenols is 1. The molecule has 0 bridgehead atoms. The van der Waals surface area contributed by atoms with Gasteiger partial charge >= 0.3 is 0 Å². The molecule has 1 amide bonds. The SMILES string of the molecule is O=C(c1cccc2cccnc12)N1CCC(c2ccc(O)cc2)CC1. The number of carbonyl (C=O) groups excluding carboxylic acids is 1. The van der Waals surface area contributed by atoms with Crippen LogP contribution in [-0.4, -0.2) is 34.0 Å². The number of nitrogens with zero attached hydrogens (tertiary/aromatic N) is 2. The Morgan fingerprint density at radius 3 is 2.48 bits per heavy atom. The van der Waals surface area contributed by atoms with Crippen LogP contribution in [0.25, 0.3) is 10.9 Å². The van der Waals surface area contributed by atoms with Crippen LogP contribution >= 0.6 is 0 Å². The van der Waals surface area contributed by atoms with Crippen LogP contribution in [0.15, 0.2) is 60.8 Å². The number of aromatic nitrogens is 1. The van der Waals surface area contributed by atoms with E-state index in [9.17, 15) is 9.90 Å². The molecule has 1 aliphatic rings. The third-order valence-corrected chi connectivity index (χ3v) is 5.01. The summed E-state index contributed by atoms with van der Waals surface area (Å²) in [5.74, 6) is 0.795. The Morgan fingerprint density at radius 2 is 1.72 bits per heavy atom. The van der Waals surface area contributed by atoms with Crippen LogP contribution in [-0.2, 0) is 0 Å². The highest BCUT2D eigenvalue weighted by Gasteiger charge is 2.25. The molecule has 1 N–H and O–H groups in total. The summed E-state index contributed by atoms with van der Waals surface area (Å²) in [7, 11) is 0. The fraction of sp³-hybridized carbons (Fsp3) is 0.238. The topological polar surface area (TPSA) is 53.4 Å². The largest absolute Gasteiger partial charge is 0.508 e. The van der Waals surface area contributed by atoms with Crippen molar-refractivity contribution in [3.05, 3.63) is 71.9 Å². The number of hydrogen-bond donors (Lipinski definition) is 1. The molecule has 1 aromatic heterocycles. The number of rotatable bonds is 2. The minimum atomic E-state index is 0.0634. The van der Waals surface area contributed by atoms with Gasteiger partial charge in [-0.1, -0.05) is 30.3 Å². The second-order valence-corrected chi connectivity index (χ2v) is 6.54. The highest BCUT2D eigenvalue weighted by molar-refractivity contribution is 6.05. The Kier molecular flexibility index (Phi) is 4.10. The van der Waals surface area contributed by atoms with Crippen molar-refractivity contribution < 1.29 is 9.90 Å². The van der Waals surface area contributed by atoms with Crippen LogP contribution < -0.4 is 0 Å². The summed E-state index contributed by atoms with van der Waals surface area (Å²) in [4.78, 5) is 19.3. The Morgan fingerprint density at radius 1 is 1.00 bits per heavy atom. The van der Waals surface area contributed by atoms with Gasteiger partial charge in [0, 0.05) is 24.7 Å². The van der Waals surface area contributed by atoms with Crippen molar-refractivity contribution in [1.82, 2.24) is 9.88 Å². The van der Waals surface area contributed by atoms with Gasteiger partial charge in [-0.2, -0.15) is 0 Å². The zero-order valence-electron chi connectivity index (χ0n) is 13.9. The van der Waals surface area contributed by atoms with E-state index in [0.717, 1.165) is 36.8 Å². The number of para-hydroxylation sites is 1. The number of aromatic hydroxyl groups is 1. The summed E-state index contributed by atoms with van der Waals surface area (Å²) in [6, 6.07) is 17.1. The van der Waals surface area contributed by atoms with Gasteiger partial charge in [-0.3, -0.25) is 9.78 Å². The third kappa shape index (κ3) is 3.07. The van der Waals surface area contributed by atoms with Gasteiger partial charge in [0.05, 0.1) is 11.1 Å². The molecule has 2 aromatic carbocycles. The molecule has 25 heavy (non-hydrogen) atoms. The molecule has 2 heterocycles. The van der Waals surface area contributed by atoms with Crippen molar-refractivity contribution >= 4 is 16.8 Å². The summed E-state index contributed by atoms with van der Waals surface area (Å²) in [5, 5.41) is 10.4. The molecule has 0 saturated carbocycles. The number of piperidine rings is 1. The molecule has 3 aromatic rings. The van der Waals surface area contributed by atoms with Gasteiger partial charge in [0.2, 0.25) is 0 Å². The molecule has 4 rings (SSSR count). The van der Waals surface area contributed by atoms with E-state index >= 15 is 0 Å². The second-order valence-electron chi connectivity index (χ2n) is 6.54. The van der Waals surface area contributed by atoms with Crippen LogP contribution in [0.5, 0.6) is 5.75 Å². The van der Waals surface area contributed by atoms with Gasteiger partial charge in [-0.25, -0.2) is 0 Å². The summed E-state index contributed by atoms with van der Waals surface area (Å²) < 4.78 is 0. The molecule has 0 unspecified atom stereocenters. The molecule has 1 saturated heterocycles. The van der Waals surface area contributed by atoms with E-state index in [2.05, 4.69) is 4.98 Å². The predicted octanol–water partition coefficient (Wildman–Crippen LogP) is 3.96. The lowest BCUT2D eigenvalue weighted by Gasteiger charge is -2.32. The normalized spacial score (nSPS) is 15.4. The Labute approximate surface area is 146 Å². The first kappa shape index (κ1) is 15.6. The molecule has 1 fully saturated rings. The molecule has 4 nitrogen and oxygen atoms in total. The average molecular weight is 332 g/mol. The molecule has 4 heteroatoms. The molecular weight excluding hydrogens is 312 g/mol. The number of likely N-dealkylation sites (tertiary alicyclic amines) is 1. The highest BCUT2D eigenvalue weighted by Crippen LogP contribution is 2.30. The van der Waals surface area contributed by atoms with E-state index in [1.54, 1.807) is 18.3 Å². The van der Waals surface area contributed by atoms with Gasteiger partial charge in [-0.15, -0.1) is 0 Å². The third-order valence-electron chi connectivity index (χ3n) is 5.01. The number of carbonyl (C=O) groups is 1. The maximum Gasteiger partial charge on any atom is 0.256 e. The number of fused-ring (bicyclic) bond motifs is 1. The molecule has 1 aliphatic heterocycles. The first-order valence-corrected chi connectivity index (χ1v) is 8.64. The van der Waals surface area contributed by atoms with Gasteiger partial charge in [-0.05, 0) is 48.6 Å². The lowest BCUT2D eigenvalue weighted by Crippen LogP contribution is -2.38. The number of pyridine rings is 1. The Hall–Kier alpha value is -2.88. The van der Waals surface area contributed by atoms with Crippen molar-refractivity contribution in [2.45, 2.75) is 18.8 Å². The van der Waals surface area contributed by atoms with Crippen LogP contribution in [0.2, 0.25) is 0 Å². The standard InChI is InChI=1S/C21H20N2O2/c24-18-8-6-15(7-9-18)16-10-13-23(14-11-16)21(25)19-5-1-3-17-4-2-12-22-20(17)19/h1-9,12,16,24H,10-11,13-14H2. The summed E-state index contributed by atoms with van der Waals surface area (Å²) in [6.45, 7) is 1.49. The average Bonchev–Trinajstić information content (AvgIpc) is 2.68. The Balaban J connectivity index is 1.50. The van der Waals surface area contributed by atoms with E-state index in [-0.39, 0.29) is 5.91 Å². The van der Waals surface area contributed by atoms with Crippen molar-refractivity contribution in [3.8, 4) is 5.75 Å². The highest BCUT2D eigenvalue weighted by atomic mass is 16.3. The fourth-order valence-electron chi connectivity index (χ4n) is 3.61. The minimum Gasteiger partial charge on any atom is -0.508 e. The van der Waals surface area contributed by atoms with Crippen LogP contribution in [0.4, 0.5) is 0 Å². The number of phenolic OH excluding ortho intramolecular Hbond substituents is 1. The smallest absolute Gasteiger partial charge is 0.256 e. The summed E-state index contributed by atoms with van der Waals surface area (Å²) >= 11 is 0. The van der Waals surface area contributed by atoms with E-state index < -0.39 is 0 Å². The maximum absolute atomic E-state index is 13.0. The lowest BCUT2D eigenvalue weighted by molar-refractivity contribution is 0.0715. The molecule has 126 valence electrons. The van der Waals surface area contributed by atoms with E-state index in [1.807, 2.05) is 47.4 Å². The fourth-order valence-corrected chi connectivity index (χ4v) is 3.61. The quantitative estimate of drug-likeness (QED) is 0.773. The first-order chi connectivity index (χ1) is 12.2. The molecule has 0 aliphatic carbocycles. The monoisotopic (exact) mass is 332 g/mol. The zero-order valence-corrected chi connectivity index (χ0v) is 13.9. The van der Waals surface area contributed by atoms with Gasteiger partial charge in [0.15, 0.2) is 0 Å². The van der Waals surface area contributed by atoms with Gasteiger partial charge in [0.25, 0.3) is 5.91 Å². The summed E-state index contributed by atoms with van der Waals surface area (Å²) in [6.07, 6.45) is 3.61. The molecule has 0 radical (unpaired) electrons. The van der Waals surface area contributed by atoms with Crippen molar-refractivity contribution in [1.29, 1.82) is 0 Å². The minimum absolute atomic E-state index is 0.0634. The second kappa shape index (κ2) is 6.55. The first-order valence-electron chi connectivity index (χ1n) is 8.64. The molecule has 0 atom stereocenters. The zero-order chi connectivity index (χ0) is 17.2.